The zero-order chi connectivity index (χ0) is 20.1. The summed E-state index contributed by atoms with van der Waals surface area (Å²) in [6.45, 7) is 1.48. The molecule has 10 heteroatoms. The lowest BCUT2D eigenvalue weighted by Gasteiger charge is -2.14. The van der Waals surface area contributed by atoms with Crippen LogP contribution >= 0.6 is 23.2 Å². The number of carboxylic acid groups (broad SMARTS) is 1. The number of hydrogen-bond acceptors (Lipinski definition) is 4. The molecule has 2 rings (SSSR count). The topological polar surface area (TPSA) is 128 Å². The Morgan fingerprint density at radius 1 is 1.04 bits per heavy atom. The molecule has 1 heterocycles. The van der Waals surface area contributed by atoms with Gasteiger partial charge in [-0.3, -0.25) is 14.4 Å². The summed E-state index contributed by atoms with van der Waals surface area (Å²) >= 11 is 10.8. The lowest BCUT2D eigenvalue weighted by atomic mass is 10.1. The van der Waals surface area contributed by atoms with E-state index in [1.807, 2.05) is 0 Å². The minimum atomic E-state index is -1.31. The fraction of sp³-hybridized carbons (Fsp3) is 0.176. The molecule has 1 atom stereocenters. The van der Waals surface area contributed by atoms with Crippen LogP contribution in [-0.2, 0) is 9.59 Å². The van der Waals surface area contributed by atoms with E-state index < -0.39 is 34.2 Å². The monoisotopic (exact) mass is 411 g/mol. The van der Waals surface area contributed by atoms with Crippen molar-refractivity contribution >= 4 is 46.7 Å². The van der Waals surface area contributed by atoms with Gasteiger partial charge in [-0.1, -0.05) is 35.3 Å². The number of carbonyl (C=O) groups is 3. The van der Waals surface area contributed by atoms with Crippen molar-refractivity contribution in [2.45, 2.75) is 17.8 Å². The largest absolute Gasteiger partial charge is 0.477 e. The van der Waals surface area contributed by atoms with Gasteiger partial charge >= 0.3 is 5.97 Å². The molecule has 4 N–H and O–H groups in total. The fourth-order valence-corrected chi connectivity index (χ4v) is 2.26. The first kappa shape index (κ1) is 20.5. The number of alkyl halides is 2. The van der Waals surface area contributed by atoms with Gasteiger partial charge in [0, 0.05) is 11.4 Å². The molecule has 0 aliphatic rings. The number of halogens is 2. The molecule has 0 saturated carbocycles. The summed E-state index contributed by atoms with van der Waals surface area (Å²) in [4.78, 5) is 47.3. The highest BCUT2D eigenvalue weighted by molar-refractivity contribution is 6.53. The van der Waals surface area contributed by atoms with Crippen molar-refractivity contribution in [3.63, 3.8) is 0 Å². The van der Waals surface area contributed by atoms with E-state index in [0.29, 0.717) is 16.9 Å². The van der Waals surface area contributed by atoms with Gasteiger partial charge in [0.05, 0.1) is 0 Å². The Morgan fingerprint density at radius 3 is 2.19 bits per heavy atom. The van der Waals surface area contributed by atoms with E-state index in [1.54, 1.807) is 24.3 Å². The van der Waals surface area contributed by atoms with Crippen LogP contribution < -0.4 is 16.2 Å². The van der Waals surface area contributed by atoms with Crippen LogP contribution in [0.1, 0.15) is 17.3 Å². The van der Waals surface area contributed by atoms with Gasteiger partial charge < -0.3 is 20.7 Å². The van der Waals surface area contributed by atoms with E-state index in [1.165, 1.54) is 19.1 Å². The molecule has 0 radical (unpaired) electrons. The van der Waals surface area contributed by atoms with E-state index in [2.05, 4.69) is 15.6 Å². The second kappa shape index (κ2) is 8.70. The average molecular weight is 412 g/mol. The van der Waals surface area contributed by atoms with Gasteiger partial charge in [-0.05, 0) is 36.8 Å². The molecule has 0 spiro atoms. The Bertz CT molecular complexity index is 925. The van der Waals surface area contributed by atoms with Gasteiger partial charge in [-0.25, -0.2) is 4.79 Å². The summed E-state index contributed by atoms with van der Waals surface area (Å²) in [5.41, 5.74) is 0.450. The third-order valence-electron chi connectivity index (χ3n) is 3.55. The Kier molecular flexibility index (Phi) is 6.59. The number of aromatic nitrogens is 1. The average Bonchev–Trinajstić information content (AvgIpc) is 2.61. The number of carboxylic acids is 1. The maximum absolute atomic E-state index is 12.1. The molecule has 0 saturated heterocycles. The second-order valence-electron chi connectivity index (χ2n) is 5.52. The van der Waals surface area contributed by atoms with Crippen LogP contribution in [0.4, 0.5) is 5.69 Å². The van der Waals surface area contributed by atoms with Crippen molar-refractivity contribution in [2.75, 3.05) is 5.32 Å². The summed E-state index contributed by atoms with van der Waals surface area (Å²) in [7, 11) is 0. The van der Waals surface area contributed by atoms with Crippen LogP contribution in [0.15, 0.2) is 41.2 Å². The number of benzene rings is 1. The molecule has 0 aliphatic carbocycles. The molecule has 2 aromatic rings. The molecule has 27 heavy (non-hydrogen) atoms. The van der Waals surface area contributed by atoms with Gasteiger partial charge in [0.25, 0.3) is 11.5 Å². The molecular formula is C17H15Cl2N3O5. The molecule has 0 aliphatic heterocycles. The van der Waals surface area contributed by atoms with Crippen LogP contribution in [0, 0.1) is 0 Å². The highest BCUT2D eigenvalue weighted by atomic mass is 35.5. The molecule has 8 nitrogen and oxygen atoms in total. The Labute approximate surface area is 163 Å². The van der Waals surface area contributed by atoms with Crippen molar-refractivity contribution in [1.29, 1.82) is 0 Å². The third-order valence-corrected chi connectivity index (χ3v) is 3.95. The SMILES string of the molecule is C[C@H](NC(=O)C(Cl)Cl)C(=O)Nc1ccc(-c2ccc(C(=O)O)c(=O)[nH]2)cc1. The fourth-order valence-electron chi connectivity index (χ4n) is 2.14. The van der Waals surface area contributed by atoms with Crippen LogP contribution in [0.3, 0.4) is 0 Å². The minimum absolute atomic E-state index is 0.352. The quantitative estimate of drug-likeness (QED) is 0.540. The molecule has 0 bridgehead atoms. The van der Waals surface area contributed by atoms with Crippen LogP contribution in [0.2, 0.25) is 0 Å². The summed E-state index contributed by atoms with van der Waals surface area (Å²) in [5, 5.41) is 13.8. The number of hydrogen-bond donors (Lipinski definition) is 4. The van der Waals surface area contributed by atoms with Crippen molar-refractivity contribution in [2.24, 2.45) is 0 Å². The first-order valence-corrected chi connectivity index (χ1v) is 8.52. The maximum Gasteiger partial charge on any atom is 0.341 e. The summed E-state index contributed by atoms with van der Waals surface area (Å²) in [6.07, 6.45) is 0. The van der Waals surface area contributed by atoms with Gasteiger partial charge in [-0.15, -0.1) is 0 Å². The lowest BCUT2D eigenvalue weighted by Crippen LogP contribution is -2.43. The zero-order valence-corrected chi connectivity index (χ0v) is 15.5. The van der Waals surface area contributed by atoms with E-state index in [4.69, 9.17) is 28.3 Å². The minimum Gasteiger partial charge on any atom is -0.477 e. The number of H-pyrrole nitrogens is 1. The number of rotatable bonds is 6. The number of anilines is 1. The van der Waals surface area contributed by atoms with E-state index in [0.717, 1.165) is 0 Å². The van der Waals surface area contributed by atoms with Crippen LogP contribution in [0.5, 0.6) is 0 Å². The van der Waals surface area contributed by atoms with Crippen molar-refractivity contribution in [3.8, 4) is 11.3 Å². The molecule has 1 aromatic heterocycles. The smallest absolute Gasteiger partial charge is 0.341 e. The molecule has 1 aromatic carbocycles. The number of carbonyl (C=O) groups excluding carboxylic acids is 2. The van der Waals surface area contributed by atoms with E-state index in [-0.39, 0.29) is 5.56 Å². The molecule has 0 unspecified atom stereocenters. The first-order valence-electron chi connectivity index (χ1n) is 7.65. The van der Waals surface area contributed by atoms with Gasteiger partial charge in [0.15, 0.2) is 4.84 Å². The Hall–Kier alpha value is -2.84. The normalized spacial score (nSPS) is 11.7. The summed E-state index contributed by atoms with van der Waals surface area (Å²) in [6, 6.07) is 8.31. The lowest BCUT2D eigenvalue weighted by molar-refractivity contribution is -0.125. The molecule has 2 amide bonds. The highest BCUT2D eigenvalue weighted by Crippen LogP contribution is 2.19. The van der Waals surface area contributed by atoms with Gasteiger partial charge in [-0.2, -0.15) is 0 Å². The third kappa shape index (κ3) is 5.32. The zero-order valence-electron chi connectivity index (χ0n) is 14.0. The first-order chi connectivity index (χ1) is 12.7. The summed E-state index contributed by atoms with van der Waals surface area (Å²) in [5.74, 6) is -2.45. The molecular weight excluding hydrogens is 397 g/mol. The number of amides is 2. The number of aromatic carboxylic acids is 1. The molecule has 0 fully saturated rings. The number of pyridine rings is 1. The van der Waals surface area contributed by atoms with Crippen molar-refractivity contribution in [3.05, 3.63) is 52.3 Å². The predicted molar refractivity (Wildman–Crippen MR) is 101 cm³/mol. The second-order valence-corrected chi connectivity index (χ2v) is 6.61. The van der Waals surface area contributed by atoms with Crippen molar-refractivity contribution < 1.29 is 19.5 Å². The van der Waals surface area contributed by atoms with Crippen LogP contribution in [-0.4, -0.2) is 38.8 Å². The molecule has 142 valence electrons. The Morgan fingerprint density at radius 2 is 1.67 bits per heavy atom. The van der Waals surface area contributed by atoms with E-state index in [9.17, 15) is 19.2 Å². The number of aromatic amines is 1. The van der Waals surface area contributed by atoms with Gasteiger partial charge in [0.2, 0.25) is 5.91 Å². The maximum atomic E-state index is 12.1. The number of nitrogens with one attached hydrogen (secondary N) is 3. The Balaban J connectivity index is 2.08. The summed E-state index contributed by atoms with van der Waals surface area (Å²) < 4.78 is 0. The predicted octanol–water partition coefficient (Wildman–Crippen LogP) is 1.99. The van der Waals surface area contributed by atoms with Crippen LogP contribution in [0.25, 0.3) is 11.3 Å². The standard InChI is InChI=1S/C17H15Cl2N3O5/c1-8(20-16(25)13(18)19)14(23)21-10-4-2-9(3-5-10)12-7-6-11(17(26)27)15(24)22-12/h2-8,13H,1H3,(H,20,25)(H,21,23)(H,22,24)(H,26,27)/t8-/m0/s1. The highest BCUT2D eigenvalue weighted by Gasteiger charge is 2.19. The van der Waals surface area contributed by atoms with Crippen molar-refractivity contribution in [1.82, 2.24) is 10.3 Å². The van der Waals surface area contributed by atoms with E-state index >= 15 is 0 Å². The van der Waals surface area contributed by atoms with Gasteiger partial charge in [0.1, 0.15) is 11.6 Å².